The molecule has 0 bridgehead atoms. The number of hydrogen-bond acceptors (Lipinski definition) is 3. The van der Waals surface area contributed by atoms with Gasteiger partial charge < -0.3 is 10.4 Å². The number of carbonyl (C=O) groups excluding carboxylic acids is 1. The van der Waals surface area contributed by atoms with E-state index in [-0.39, 0.29) is 17.6 Å². The third kappa shape index (κ3) is 3.70. The van der Waals surface area contributed by atoms with Crippen LogP contribution in [0, 0.1) is 19.8 Å². The van der Waals surface area contributed by atoms with Gasteiger partial charge in [0.25, 0.3) is 0 Å². The largest absolute Gasteiger partial charge is 0.478 e. The third-order valence-corrected chi connectivity index (χ3v) is 4.31. The Morgan fingerprint density at radius 1 is 1.21 bits per heavy atom. The summed E-state index contributed by atoms with van der Waals surface area (Å²) in [5, 5.41) is 15.0. The number of rotatable bonds is 4. The van der Waals surface area contributed by atoms with Crippen molar-refractivity contribution in [3.05, 3.63) is 16.0 Å². The smallest absolute Gasteiger partial charge is 0.338 e. The molecule has 0 fully saturated rings. The molecule has 0 aliphatic heterocycles. The molecule has 106 valence electrons. The number of hydrogen-bond donors (Lipinski definition) is 3. The molecule has 0 spiro atoms. The molecule has 0 aromatic carbocycles. The van der Waals surface area contributed by atoms with Crippen LogP contribution in [0.1, 0.15) is 41.6 Å². The fourth-order valence-electron chi connectivity index (χ4n) is 1.49. The van der Waals surface area contributed by atoms with Crippen LogP contribution in [0.5, 0.6) is 0 Å². The highest BCUT2D eigenvalue weighted by molar-refractivity contribution is 7.16. The van der Waals surface area contributed by atoms with Gasteiger partial charge >= 0.3 is 12.0 Å². The Bertz CT molecular complexity index is 494. The molecule has 1 aromatic heterocycles. The fraction of sp³-hybridized carbons (Fsp3) is 0.538. The second-order valence-electron chi connectivity index (χ2n) is 4.92. The average molecular weight is 284 g/mol. The van der Waals surface area contributed by atoms with Gasteiger partial charge in [-0.15, -0.1) is 11.3 Å². The van der Waals surface area contributed by atoms with Gasteiger partial charge in [-0.25, -0.2) is 9.59 Å². The van der Waals surface area contributed by atoms with Gasteiger partial charge in [0.2, 0.25) is 0 Å². The Morgan fingerprint density at radius 3 is 2.26 bits per heavy atom. The summed E-state index contributed by atoms with van der Waals surface area (Å²) in [5.74, 6) is -0.703. The number of nitrogens with one attached hydrogen (secondary N) is 2. The Balaban J connectivity index is 2.86. The van der Waals surface area contributed by atoms with Crippen molar-refractivity contribution in [2.24, 2.45) is 5.92 Å². The zero-order chi connectivity index (χ0) is 14.7. The lowest BCUT2D eigenvalue weighted by Crippen LogP contribution is -2.39. The number of aryl methyl sites for hydroxylation is 1. The molecule has 0 aliphatic rings. The topological polar surface area (TPSA) is 78.4 Å². The number of carbonyl (C=O) groups is 2. The van der Waals surface area contributed by atoms with Gasteiger partial charge in [0.1, 0.15) is 5.00 Å². The first kappa shape index (κ1) is 15.5. The summed E-state index contributed by atoms with van der Waals surface area (Å²) in [6, 6.07) is -0.347. The van der Waals surface area contributed by atoms with Gasteiger partial charge in [-0.2, -0.15) is 0 Å². The van der Waals surface area contributed by atoms with E-state index in [0.717, 1.165) is 4.88 Å². The molecular weight excluding hydrogens is 264 g/mol. The molecule has 0 radical (unpaired) electrons. The Hall–Kier alpha value is -1.56. The van der Waals surface area contributed by atoms with Crippen molar-refractivity contribution in [1.29, 1.82) is 0 Å². The van der Waals surface area contributed by atoms with Gasteiger partial charge in [0, 0.05) is 10.9 Å². The maximum atomic E-state index is 11.8. The van der Waals surface area contributed by atoms with Crippen LogP contribution >= 0.6 is 11.3 Å². The van der Waals surface area contributed by atoms with Crippen molar-refractivity contribution in [2.75, 3.05) is 5.32 Å². The van der Waals surface area contributed by atoms with Crippen LogP contribution in [0.25, 0.3) is 0 Å². The van der Waals surface area contributed by atoms with Crippen molar-refractivity contribution in [2.45, 2.75) is 40.7 Å². The maximum Gasteiger partial charge on any atom is 0.338 e. The zero-order valence-electron chi connectivity index (χ0n) is 11.8. The van der Waals surface area contributed by atoms with E-state index in [9.17, 15) is 14.7 Å². The molecule has 0 aliphatic carbocycles. The zero-order valence-corrected chi connectivity index (χ0v) is 12.6. The number of carboxylic acids is 1. The van der Waals surface area contributed by atoms with Crippen molar-refractivity contribution < 1.29 is 14.7 Å². The number of anilines is 1. The minimum absolute atomic E-state index is 0.0236. The van der Waals surface area contributed by atoms with Crippen LogP contribution in [0.4, 0.5) is 9.80 Å². The first-order chi connectivity index (χ1) is 8.73. The fourth-order valence-corrected chi connectivity index (χ4v) is 2.53. The van der Waals surface area contributed by atoms with E-state index < -0.39 is 5.97 Å². The van der Waals surface area contributed by atoms with E-state index in [1.165, 1.54) is 11.3 Å². The number of aromatic carboxylic acids is 1. The van der Waals surface area contributed by atoms with Gasteiger partial charge in [-0.1, -0.05) is 13.8 Å². The predicted octanol–water partition coefficient (Wildman–Crippen LogP) is 3.23. The Labute approximate surface area is 117 Å². The molecule has 1 unspecified atom stereocenters. The first-order valence-electron chi connectivity index (χ1n) is 6.14. The molecule has 1 rings (SSSR count). The molecule has 0 saturated carbocycles. The first-order valence-corrected chi connectivity index (χ1v) is 6.96. The monoisotopic (exact) mass is 284 g/mol. The number of urea groups is 1. The third-order valence-electron chi connectivity index (χ3n) is 3.19. The lowest BCUT2D eigenvalue weighted by atomic mass is 10.1. The quantitative estimate of drug-likeness (QED) is 0.794. The second kappa shape index (κ2) is 6.06. The molecule has 5 nitrogen and oxygen atoms in total. The van der Waals surface area contributed by atoms with Crippen LogP contribution < -0.4 is 10.6 Å². The number of thiophene rings is 1. The predicted molar refractivity (Wildman–Crippen MR) is 77.2 cm³/mol. The van der Waals surface area contributed by atoms with Crippen LogP contribution in [-0.4, -0.2) is 23.1 Å². The van der Waals surface area contributed by atoms with E-state index in [2.05, 4.69) is 10.6 Å². The SMILES string of the molecule is Cc1sc(NC(=O)NC(C)C(C)C)c(C(=O)O)c1C. The number of carboxylic acid groups (broad SMARTS) is 1. The highest BCUT2D eigenvalue weighted by atomic mass is 32.1. The second-order valence-corrected chi connectivity index (χ2v) is 6.15. The van der Waals surface area contributed by atoms with Crippen LogP contribution in [0.15, 0.2) is 0 Å². The van der Waals surface area contributed by atoms with Crippen LogP contribution in [-0.2, 0) is 0 Å². The van der Waals surface area contributed by atoms with E-state index in [0.29, 0.717) is 16.5 Å². The molecule has 3 N–H and O–H groups in total. The standard InChI is InChI=1S/C13H20N2O3S/c1-6(2)8(4)14-13(18)15-11-10(12(16)17)7(3)9(5)19-11/h6,8H,1-5H3,(H,16,17)(H2,14,15,18). The molecular formula is C13H20N2O3S. The average Bonchev–Trinajstić information content (AvgIpc) is 2.53. The number of amides is 2. The lowest BCUT2D eigenvalue weighted by Gasteiger charge is -2.17. The van der Waals surface area contributed by atoms with E-state index in [1.807, 2.05) is 27.7 Å². The van der Waals surface area contributed by atoms with Crippen molar-refractivity contribution in [3.63, 3.8) is 0 Å². The molecule has 0 saturated heterocycles. The van der Waals surface area contributed by atoms with E-state index >= 15 is 0 Å². The Kier molecular flexibility index (Phi) is 4.94. The summed E-state index contributed by atoms with van der Waals surface area (Å²) < 4.78 is 0. The summed E-state index contributed by atoms with van der Waals surface area (Å²) in [5.41, 5.74) is 0.875. The van der Waals surface area contributed by atoms with E-state index in [4.69, 9.17) is 0 Å². The van der Waals surface area contributed by atoms with Crippen LogP contribution in [0.3, 0.4) is 0 Å². The highest BCUT2D eigenvalue weighted by Crippen LogP contribution is 2.32. The van der Waals surface area contributed by atoms with Crippen LogP contribution in [0.2, 0.25) is 0 Å². The van der Waals surface area contributed by atoms with Gasteiger partial charge in [0.05, 0.1) is 5.56 Å². The lowest BCUT2D eigenvalue weighted by molar-refractivity contribution is 0.0697. The van der Waals surface area contributed by atoms with Crippen molar-refractivity contribution in [1.82, 2.24) is 5.32 Å². The summed E-state index contributed by atoms with van der Waals surface area (Å²) in [4.78, 5) is 23.9. The summed E-state index contributed by atoms with van der Waals surface area (Å²) in [6.45, 7) is 9.51. The van der Waals surface area contributed by atoms with Crippen molar-refractivity contribution >= 4 is 28.3 Å². The van der Waals surface area contributed by atoms with Gasteiger partial charge in [-0.3, -0.25) is 5.32 Å². The van der Waals surface area contributed by atoms with Gasteiger partial charge in [-0.05, 0) is 32.3 Å². The minimum Gasteiger partial charge on any atom is -0.478 e. The molecule has 1 atom stereocenters. The molecule has 1 heterocycles. The molecule has 1 aromatic rings. The van der Waals surface area contributed by atoms with Crippen molar-refractivity contribution in [3.8, 4) is 0 Å². The maximum absolute atomic E-state index is 11.8. The molecule has 19 heavy (non-hydrogen) atoms. The summed E-state index contributed by atoms with van der Waals surface area (Å²) in [7, 11) is 0. The Morgan fingerprint density at radius 2 is 1.79 bits per heavy atom. The highest BCUT2D eigenvalue weighted by Gasteiger charge is 2.21. The van der Waals surface area contributed by atoms with Gasteiger partial charge in [0.15, 0.2) is 0 Å². The summed E-state index contributed by atoms with van der Waals surface area (Å²) in [6.07, 6.45) is 0. The summed E-state index contributed by atoms with van der Waals surface area (Å²) >= 11 is 1.28. The normalized spacial score (nSPS) is 12.3. The minimum atomic E-state index is -1.02. The van der Waals surface area contributed by atoms with E-state index in [1.54, 1.807) is 6.92 Å². The molecule has 6 heteroatoms. The molecule has 2 amide bonds.